The van der Waals surface area contributed by atoms with Crippen molar-refractivity contribution in [2.45, 2.75) is 39.3 Å². The van der Waals surface area contributed by atoms with E-state index in [9.17, 15) is 9.59 Å². The van der Waals surface area contributed by atoms with Crippen LogP contribution in [0.15, 0.2) is 0 Å². The zero-order valence-electron chi connectivity index (χ0n) is 9.78. The lowest BCUT2D eigenvalue weighted by molar-refractivity contribution is -0.144. The highest BCUT2D eigenvalue weighted by molar-refractivity contribution is 5.82. The number of carbonyl (C=O) groups excluding carboxylic acids is 1. The standard InChI is InChI=1S/C10H20N2O3/c1-5-8(10(14)15)12(4)7(3)9(13)11-6-2/h7-8H,5-6H2,1-4H3,(H,11,13)(H,14,15). The fraction of sp³-hybridized carbons (Fsp3) is 0.800. The van der Waals surface area contributed by atoms with Crippen molar-refractivity contribution < 1.29 is 14.7 Å². The van der Waals surface area contributed by atoms with Crippen molar-refractivity contribution in [1.82, 2.24) is 10.2 Å². The zero-order chi connectivity index (χ0) is 12.0. The molecule has 0 saturated heterocycles. The van der Waals surface area contributed by atoms with Crippen LogP contribution in [0.25, 0.3) is 0 Å². The van der Waals surface area contributed by atoms with Crippen molar-refractivity contribution in [2.75, 3.05) is 13.6 Å². The summed E-state index contributed by atoms with van der Waals surface area (Å²) in [5.74, 6) is -1.03. The van der Waals surface area contributed by atoms with Gasteiger partial charge in [-0.25, -0.2) is 0 Å². The van der Waals surface area contributed by atoms with Crippen LogP contribution in [0.4, 0.5) is 0 Å². The van der Waals surface area contributed by atoms with E-state index in [-0.39, 0.29) is 5.91 Å². The summed E-state index contributed by atoms with van der Waals surface area (Å²) in [6.45, 7) is 5.89. The summed E-state index contributed by atoms with van der Waals surface area (Å²) in [4.78, 5) is 23.9. The molecular formula is C10H20N2O3. The first kappa shape index (κ1) is 13.9. The first-order chi connectivity index (χ1) is 6.95. The molecule has 0 aliphatic heterocycles. The zero-order valence-corrected chi connectivity index (χ0v) is 9.78. The molecule has 2 unspecified atom stereocenters. The van der Waals surface area contributed by atoms with Gasteiger partial charge < -0.3 is 10.4 Å². The SMILES string of the molecule is CCNC(=O)C(C)N(C)C(CC)C(=O)O. The van der Waals surface area contributed by atoms with Crippen molar-refractivity contribution in [3.8, 4) is 0 Å². The van der Waals surface area contributed by atoms with Gasteiger partial charge in [0.15, 0.2) is 0 Å². The molecule has 0 aliphatic carbocycles. The van der Waals surface area contributed by atoms with E-state index in [1.54, 1.807) is 25.8 Å². The Kier molecular flexibility index (Phi) is 5.93. The summed E-state index contributed by atoms with van der Waals surface area (Å²) in [7, 11) is 1.65. The second-order valence-electron chi connectivity index (χ2n) is 3.50. The fourth-order valence-corrected chi connectivity index (χ4v) is 1.41. The highest BCUT2D eigenvalue weighted by atomic mass is 16.4. The van der Waals surface area contributed by atoms with E-state index in [1.165, 1.54) is 0 Å². The number of hydrogen-bond donors (Lipinski definition) is 2. The van der Waals surface area contributed by atoms with Crippen LogP contribution in [0.5, 0.6) is 0 Å². The van der Waals surface area contributed by atoms with Crippen LogP contribution in [0, 0.1) is 0 Å². The van der Waals surface area contributed by atoms with E-state index in [0.29, 0.717) is 13.0 Å². The molecular weight excluding hydrogens is 196 g/mol. The van der Waals surface area contributed by atoms with Crippen molar-refractivity contribution >= 4 is 11.9 Å². The van der Waals surface area contributed by atoms with E-state index in [4.69, 9.17) is 5.11 Å². The maximum atomic E-state index is 11.5. The molecule has 2 atom stereocenters. The molecule has 0 heterocycles. The van der Waals surface area contributed by atoms with Crippen LogP contribution < -0.4 is 5.32 Å². The van der Waals surface area contributed by atoms with Gasteiger partial charge in [-0.1, -0.05) is 6.92 Å². The van der Waals surface area contributed by atoms with Crippen molar-refractivity contribution in [2.24, 2.45) is 0 Å². The van der Waals surface area contributed by atoms with Crippen LogP contribution in [-0.4, -0.2) is 47.6 Å². The number of carbonyl (C=O) groups is 2. The van der Waals surface area contributed by atoms with Crippen molar-refractivity contribution in [3.05, 3.63) is 0 Å². The van der Waals surface area contributed by atoms with Crippen LogP contribution >= 0.6 is 0 Å². The van der Waals surface area contributed by atoms with E-state index < -0.39 is 18.1 Å². The number of hydrogen-bond acceptors (Lipinski definition) is 3. The lowest BCUT2D eigenvalue weighted by Gasteiger charge is -2.28. The van der Waals surface area contributed by atoms with Gasteiger partial charge in [0, 0.05) is 6.54 Å². The fourth-order valence-electron chi connectivity index (χ4n) is 1.41. The molecule has 5 heteroatoms. The Balaban J connectivity index is 4.46. The first-order valence-corrected chi connectivity index (χ1v) is 5.18. The van der Waals surface area contributed by atoms with Gasteiger partial charge in [0.25, 0.3) is 0 Å². The molecule has 88 valence electrons. The molecule has 2 N–H and O–H groups in total. The maximum Gasteiger partial charge on any atom is 0.320 e. The lowest BCUT2D eigenvalue weighted by atomic mass is 10.1. The lowest BCUT2D eigenvalue weighted by Crippen LogP contribution is -2.50. The van der Waals surface area contributed by atoms with E-state index in [1.807, 2.05) is 6.92 Å². The number of rotatable bonds is 6. The predicted octanol–water partition coefficient (Wildman–Crippen LogP) is 0.306. The number of nitrogens with one attached hydrogen (secondary N) is 1. The summed E-state index contributed by atoms with van der Waals surface area (Å²) in [6.07, 6.45) is 0.482. The number of likely N-dealkylation sites (N-methyl/N-ethyl adjacent to an activating group) is 2. The molecule has 1 amide bonds. The molecule has 0 radical (unpaired) electrons. The second kappa shape index (κ2) is 6.40. The monoisotopic (exact) mass is 216 g/mol. The third-order valence-corrected chi connectivity index (χ3v) is 2.50. The topological polar surface area (TPSA) is 69.6 Å². The number of aliphatic carboxylic acids is 1. The molecule has 0 aromatic carbocycles. The predicted molar refractivity (Wildman–Crippen MR) is 57.6 cm³/mol. The normalized spacial score (nSPS) is 14.7. The van der Waals surface area contributed by atoms with Gasteiger partial charge in [-0.15, -0.1) is 0 Å². The quantitative estimate of drug-likeness (QED) is 0.670. The first-order valence-electron chi connectivity index (χ1n) is 5.18. The smallest absolute Gasteiger partial charge is 0.320 e. The minimum Gasteiger partial charge on any atom is -0.480 e. The van der Waals surface area contributed by atoms with Crippen molar-refractivity contribution in [1.29, 1.82) is 0 Å². The van der Waals surface area contributed by atoms with Gasteiger partial charge >= 0.3 is 5.97 Å². The Morgan fingerprint density at radius 2 is 1.93 bits per heavy atom. The minimum absolute atomic E-state index is 0.139. The van der Waals surface area contributed by atoms with Crippen LogP contribution in [0.3, 0.4) is 0 Å². The Bertz CT molecular complexity index is 231. The molecule has 0 aromatic heterocycles. The molecule has 0 spiro atoms. The molecule has 0 fully saturated rings. The minimum atomic E-state index is -0.892. The molecule has 0 bridgehead atoms. The van der Waals surface area contributed by atoms with E-state index in [0.717, 1.165) is 0 Å². The van der Waals surface area contributed by atoms with Crippen molar-refractivity contribution in [3.63, 3.8) is 0 Å². The number of nitrogens with zero attached hydrogens (tertiary/aromatic N) is 1. The number of amides is 1. The van der Waals surface area contributed by atoms with E-state index in [2.05, 4.69) is 5.32 Å². The molecule has 0 rings (SSSR count). The Morgan fingerprint density at radius 1 is 1.40 bits per heavy atom. The second-order valence-corrected chi connectivity index (χ2v) is 3.50. The summed E-state index contributed by atoms with van der Waals surface area (Å²) in [5.41, 5.74) is 0. The van der Waals surface area contributed by atoms with Gasteiger partial charge in [0.1, 0.15) is 6.04 Å². The summed E-state index contributed by atoms with van der Waals surface area (Å²) in [6, 6.07) is -1.03. The molecule has 0 aliphatic rings. The Morgan fingerprint density at radius 3 is 2.27 bits per heavy atom. The summed E-state index contributed by atoms with van der Waals surface area (Å²) in [5, 5.41) is 11.6. The molecule has 15 heavy (non-hydrogen) atoms. The van der Waals surface area contributed by atoms with Gasteiger partial charge in [-0.2, -0.15) is 0 Å². The van der Waals surface area contributed by atoms with Gasteiger partial charge in [0.05, 0.1) is 6.04 Å². The van der Waals surface area contributed by atoms with Gasteiger partial charge in [0.2, 0.25) is 5.91 Å². The van der Waals surface area contributed by atoms with Crippen LogP contribution in [0.1, 0.15) is 27.2 Å². The Labute approximate surface area is 90.5 Å². The average molecular weight is 216 g/mol. The maximum absolute atomic E-state index is 11.5. The van der Waals surface area contributed by atoms with Crippen LogP contribution in [0.2, 0.25) is 0 Å². The van der Waals surface area contributed by atoms with Crippen LogP contribution in [-0.2, 0) is 9.59 Å². The highest BCUT2D eigenvalue weighted by Gasteiger charge is 2.27. The third-order valence-electron chi connectivity index (χ3n) is 2.50. The highest BCUT2D eigenvalue weighted by Crippen LogP contribution is 2.06. The average Bonchev–Trinajstić information content (AvgIpc) is 2.17. The summed E-state index contributed by atoms with van der Waals surface area (Å²) < 4.78 is 0. The largest absolute Gasteiger partial charge is 0.480 e. The molecule has 5 nitrogen and oxygen atoms in total. The summed E-state index contributed by atoms with van der Waals surface area (Å²) >= 11 is 0. The Hall–Kier alpha value is -1.10. The molecule has 0 saturated carbocycles. The molecule has 0 aromatic rings. The number of carboxylic acids is 1. The number of carboxylic acid groups (broad SMARTS) is 1. The third kappa shape index (κ3) is 3.87. The van der Waals surface area contributed by atoms with Gasteiger partial charge in [-0.05, 0) is 27.3 Å². The van der Waals surface area contributed by atoms with E-state index >= 15 is 0 Å². The van der Waals surface area contributed by atoms with Gasteiger partial charge in [-0.3, -0.25) is 14.5 Å².